The van der Waals surface area contributed by atoms with E-state index in [9.17, 15) is 0 Å². The lowest BCUT2D eigenvalue weighted by molar-refractivity contribution is 0.254. The fraction of sp³-hybridized carbons (Fsp3) is 0.643. The minimum Gasteiger partial charge on any atom is -0.396 e. The normalized spacial score (nSPS) is 16.4. The summed E-state index contributed by atoms with van der Waals surface area (Å²) in [5.41, 5.74) is 7.75. The largest absolute Gasteiger partial charge is 0.396 e. The summed E-state index contributed by atoms with van der Waals surface area (Å²) in [6.07, 6.45) is 7.31. The molecule has 3 N–H and O–H groups in total. The Morgan fingerprint density at radius 1 is 1.44 bits per heavy atom. The SMILES string of the molecule is Cc1cnc(NCCN(C)C2CCCC2)c(N)c1. The maximum Gasteiger partial charge on any atom is 0.149 e. The zero-order valence-electron chi connectivity index (χ0n) is 11.4. The van der Waals surface area contributed by atoms with E-state index in [2.05, 4.69) is 22.2 Å². The maximum atomic E-state index is 5.92. The van der Waals surface area contributed by atoms with Gasteiger partial charge in [-0.2, -0.15) is 0 Å². The number of rotatable bonds is 5. The van der Waals surface area contributed by atoms with Crippen molar-refractivity contribution in [3.63, 3.8) is 0 Å². The van der Waals surface area contributed by atoms with Crippen molar-refractivity contribution in [1.29, 1.82) is 0 Å². The van der Waals surface area contributed by atoms with Crippen LogP contribution in [0.25, 0.3) is 0 Å². The molecule has 0 aliphatic heterocycles. The van der Waals surface area contributed by atoms with Crippen LogP contribution in [0.5, 0.6) is 0 Å². The van der Waals surface area contributed by atoms with Crippen LogP contribution in [0.2, 0.25) is 0 Å². The van der Waals surface area contributed by atoms with E-state index in [0.29, 0.717) is 0 Å². The van der Waals surface area contributed by atoms with E-state index >= 15 is 0 Å². The van der Waals surface area contributed by atoms with Crippen LogP contribution in [0.15, 0.2) is 12.3 Å². The number of nitrogen functional groups attached to an aromatic ring is 1. The third-order valence-corrected chi connectivity index (χ3v) is 3.76. The van der Waals surface area contributed by atoms with E-state index in [1.807, 2.05) is 19.2 Å². The minimum atomic E-state index is 0.735. The van der Waals surface area contributed by atoms with Crippen LogP contribution in [0.1, 0.15) is 31.2 Å². The Kier molecular flexibility index (Phi) is 4.42. The lowest BCUT2D eigenvalue weighted by Gasteiger charge is -2.24. The average molecular weight is 248 g/mol. The second-order valence-electron chi connectivity index (χ2n) is 5.30. The zero-order chi connectivity index (χ0) is 13.0. The molecule has 1 aromatic heterocycles. The van der Waals surface area contributed by atoms with Crippen molar-refractivity contribution >= 4 is 11.5 Å². The molecule has 1 heterocycles. The van der Waals surface area contributed by atoms with Gasteiger partial charge in [-0.3, -0.25) is 0 Å². The van der Waals surface area contributed by atoms with Gasteiger partial charge in [-0.15, -0.1) is 0 Å². The molecule has 1 aliphatic carbocycles. The zero-order valence-corrected chi connectivity index (χ0v) is 11.4. The van der Waals surface area contributed by atoms with Crippen LogP contribution in [-0.4, -0.2) is 36.1 Å². The Balaban J connectivity index is 1.77. The molecule has 0 aromatic carbocycles. The van der Waals surface area contributed by atoms with Gasteiger partial charge in [0.1, 0.15) is 5.82 Å². The molecule has 0 unspecified atom stereocenters. The summed E-state index contributed by atoms with van der Waals surface area (Å²) in [7, 11) is 2.21. The Morgan fingerprint density at radius 2 is 2.17 bits per heavy atom. The number of aryl methyl sites for hydroxylation is 1. The Hall–Kier alpha value is -1.29. The predicted octanol–water partition coefficient (Wildman–Crippen LogP) is 2.26. The van der Waals surface area contributed by atoms with Crippen molar-refractivity contribution in [2.24, 2.45) is 0 Å². The molecule has 100 valence electrons. The lowest BCUT2D eigenvalue weighted by Crippen LogP contribution is -2.33. The third-order valence-electron chi connectivity index (χ3n) is 3.76. The quantitative estimate of drug-likeness (QED) is 0.839. The Bertz CT molecular complexity index is 385. The highest BCUT2D eigenvalue weighted by molar-refractivity contribution is 5.61. The van der Waals surface area contributed by atoms with Gasteiger partial charge in [0.25, 0.3) is 0 Å². The smallest absolute Gasteiger partial charge is 0.149 e. The van der Waals surface area contributed by atoms with Gasteiger partial charge in [-0.25, -0.2) is 4.98 Å². The molecule has 0 amide bonds. The van der Waals surface area contributed by atoms with Crippen LogP contribution in [0.4, 0.5) is 11.5 Å². The van der Waals surface area contributed by atoms with Crippen LogP contribution in [-0.2, 0) is 0 Å². The molecule has 0 bridgehead atoms. The highest BCUT2D eigenvalue weighted by atomic mass is 15.2. The fourth-order valence-corrected chi connectivity index (χ4v) is 2.62. The van der Waals surface area contributed by atoms with E-state index in [0.717, 1.165) is 36.2 Å². The third kappa shape index (κ3) is 3.35. The first kappa shape index (κ1) is 13.1. The van der Waals surface area contributed by atoms with Crippen LogP contribution in [0, 0.1) is 6.92 Å². The van der Waals surface area contributed by atoms with Crippen LogP contribution < -0.4 is 11.1 Å². The molecule has 0 saturated heterocycles. The van der Waals surface area contributed by atoms with Crippen LogP contribution in [0.3, 0.4) is 0 Å². The summed E-state index contributed by atoms with van der Waals surface area (Å²) in [5, 5.41) is 3.32. The molecular formula is C14H24N4. The first-order valence-corrected chi connectivity index (χ1v) is 6.83. The van der Waals surface area contributed by atoms with Gasteiger partial charge in [0.05, 0.1) is 5.69 Å². The van der Waals surface area contributed by atoms with Gasteiger partial charge in [-0.1, -0.05) is 12.8 Å². The molecule has 1 fully saturated rings. The van der Waals surface area contributed by atoms with E-state index in [1.165, 1.54) is 25.7 Å². The van der Waals surface area contributed by atoms with E-state index in [4.69, 9.17) is 5.73 Å². The summed E-state index contributed by atoms with van der Waals surface area (Å²) in [6.45, 7) is 3.94. The topological polar surface area (TPSA) is 54.2 Å². The van der Waals surface area contributed by atoms with Crippen LogP contribution >= 0.6 is 0 Å². The van der Waals surface area contributed by atoms with Crippen molar-refractivity contribution in [2.75, 3.05) is 31.2 Å². The first-order chi connectivity index (χ1) is 8.66. The van der Waals surface area contributed by atoms with Gasteiger partial charge < -0.3 is 16.0 Å². The number of aromatic nitrogens is 1. The van der Waals surface area contributed by atoms with Crippen molar-refractivity contribution in [1.82, 2.24) is 9.88 Å². The van der Waals surface area contributed by atoms with Gasteiger partial charge in [0.15, 0.2) is 0 Å². The summed E-state index contributed by atoms with van der Waals surface area (Å²) < 4.78 is 0. The summed E-state index contributed by atoms with van der Waals surface area (Å²) in [6, 6.07) is 2.73. The minimum absolute atomic E-state index is 0.735. The molecule has 0 atom stereocenters. The fourth-order valence-electron chi connectivity index (χ4n) is 2.62. The maximum absolute atomic E-state index is 5.92. The van der Waals surface area contributed by atoms with E-state index < -0.39 is 0 Å². The van der Waals surface area contributed by atoms with Gasteiger partial charge in [0, 0.05) is 25.3 Å². The van der Waals surface area contributed by atoms with Crippen molar-refractivity contribution in [3.05, 3.63) is 17.8 Å². The van der Waals surface area contributed by atoms with Gasteiger partial charge >= 0.3 is 0 Å². The molecule has 2 rings (SSSR count). The molecule has 1 aromatic rings. The molecule has 4 heteroatoms. The Morgan fingerprint density at radius 3 is 2.83 bits per heavy atom. The number of anilines is 2. The highest BCUT2D eigenvalue weighted by Gasteiger charge is 2.18. The number of hydrogen-bond donors (Lipinski definition) is 2. The first-order valence-electron chi connectivity index (χ1n) is 6.83. The number of nitrogens with two attached hydrogens (primary N) is 1. The number of hydrogen-bond acceptors (Lipinski definition) is 4. The molecule has 1 aliphatic rings. The number of nitrogens with one attached hydrogen (secondary N) is 1. The van der Waals surface area contributed by atoms with Crippen molar-refractivity contribution in [2.45, 2.75) is 38.6 Å². The molecule has 4 nitrogen and oxygen atoms in total. The second kappa shape index (κ2) is 6.05. The summed E-state index contributed by atoms with van der Waals surface area (Å²) >= 11 is 0. The van der Waals surface area contributed by atoms with Crippen molar-refractivity contribution in [3.8, 4) is 0 Å². The van der Waals surface area contributed by atoms with Gasteiger partial charge in [-0.05, 0) is 38.4 Å². The number of likely N-dealkylation sites (N-methyl/N-ethyl adjacent to an activating group) is 1. The summed E-state index contributed by atoms with van der Waals surface area (Å²) in [4.78, 5) is 6.77. The molecule has 0 radical (unpaired) electrons. The lowest BCUT2D eigenvalue weighted by atomic mass is 10.2. The molecule has 0 spiro atoms. The van der Waals surface area contributed by atoms with E-state index in [-0.39, 0.29) is 0 Å². The molecular weight excluding hydrogens is 224 g/mol. The van der Waals surface area contributed by atoms with Gasteiger partial charge in [0.2, 0.25) is 0 Å². The summed E-state index contributed by atoms with van der Waals surface area (Å²) in [5.74, 6) is 0.806. The number of pyridine rings is 1. The van der Waals surface area contributed by atoms with E-state index in [1.54, 1.807) is 0 Å². The number of nitrogens with zero attached hydrogens (tertiary/aromatic N) is 2. The molecule has 1 saturated carbocycles. The second-order valence-corrected chi connectivity index (χ2v) is 5.30. The van der Waals surface area contributed by atoms with Crippen molar-refractivity contribution < 1.29 is 0 Å². The monoisotopic (exact) mass is 248 g/mol. The Labute approximate surface area is 110 Å². The average Bonchev–Trinajstić information content (AvgIpc) is 2.85. The standard InChI is InChI=1S/C14H24N4/c1-11-9-13(15)14(17-10-11)16-7-8-18(2)12-5-3-4-6-12/h9-10,12H,3-8,15H2,1-2H3,(H,16,17). The molecule has 18 heavy (non-hydrogen) atoms. The highest BCUT2D eigenvalue weighted by Crippen LogP contribution is 2.22. The predicted molar refractivity (Wildman–Crippen MR) is 76.8 cm³/mol.